The third-order valence-corrected chi connectivity index (χ3v) is 4.05. The molecule has 0 radical (unpaired) electrons. The molecular weight excluding hydrogens is 388 g/mol. The fraction of sp³-hybridized carbons (Fsp3) is 0.444. The highest BCUT2D eigenvalue weighted by Gasteiger charge is 2.37. The maximum absolute atomic E-state index is 12.9. The molecule has 0 aliphatic carbocycles. The van der Waals surface area contributed by atoms with E-state index in [1.165, 1.54) is 0 Å². The molecule has 10 heteroatoms. The Balaban J connectivity index is 2.13. The van der Waals surface area contributed by atoms with Gasteiger partial charge in [-0.3, -0.25) is 9.48 Å². The highest BCUT2D eigenvalue weighted by atomic mass is 19.4. The van der Waals surface area contributed by atoms with Gasteiger partial charge in [-0.2, -0.15) is 31.4 Å². The van der Waals surface area contributed by atoms with Gasteiger partial charge in [0.25, 0.3) is 5.91 Å². The van der Waals surface area contributed by atoms with E-state index in [1.54, 1.807) is 11.6 Å². The average molecular weight is 407 g/mol. The second-order valence-corrected chi connectivity index (χ2v) is 6.72. The lowest BCUT2D eigenvalue weighted by atomic mass is 10.0. The molecule has 2 aromatic rings. The fourth-order valence-corrected chi connectivity index (χ4v) is 2.67. The van der Waals surface area contributed by atoms with E-state index in [0.29, 0.717) is 18.7 Å². The van der Waals surface area contributed by atoms with Crippen molar-refractivity contribution >= 4 is 5.91 Å². The van der Waals surface area contributed by atoms with E-state index in [-0.39, 0.29) is 18.5 Å². The number of aryl methyl sites for hydroxylation is 2. The minimum atomic E-state index is -5.00. The highest BCUT2D eigenvalue weighted by molar-refractivity contribution is 5.94. The molecule has 1 amide bonds. The first-order valence-electron chi connectivity index (χ1n) is 8.36. The smallest absolute Gasteiger partial charge is 0.352 e. The summed E-state index contributed by atoms with van der Waals surface area (Å²) in [4.78, 5) is 12.2. The van der Waals surface area contributed by atoms with Crippen LogP contribution in [-0.2, 0) is 18.9 Å². The fourth-order valence-electron chi connectivity index (χ4n) is 2.67. The van der Waals surface area contributed by atoms with Crippen LogP contribution in [0.1, 0.15) is 39.8 Å². The van der Waals surface area contributed by atoms with E-state index in [1.807, 2.05) is 19.9 Å². The molecule has 0 spiro atoms. The van der Waals surface area contributed by atoms with E-state index >= 15 is 0 Å². The summed E-state index contributed by atoms with van der Waals surface area (Å²) >= 11 is 0. The lowest BCUT2D eigenvalue weighted by molar-refractivity contribution is -0.143. The molecule has 1 atom stereocenters. The SMILES string of the molecule is Cc1cc(C)n(CC(C)CNC(=O)c2cc(C(F)(F)F)cc(C(F)(F)F)c2)n1. The van der Waals surface area contributed by atoms with E-state index < -0.39 is 35.0 Å². The van der Waals surface area contributed by atoms with Crippen molar-refractivity contribution in [2.75, 3.05) is 6.54 Å². The van der Waals surface area contributed by atoms with Crippen LogP contribution in [-0.4, -0.2) is 22.2 Å². The summed E-state index contributed by atoms with van der Waals surface area (Å²) in [5.74, 6) is -1.15. The van der Waals surface area contributed by atoms with Gasteiger partial charge in [-0.1, -0.05) is 6.92 Å². The van der Waals surface area contributed by atoms with Crippen LogP contribution < -0.4 is 5.32 Å². The molecule has 0 saturated heterocycles. The lowest BCUT2D eigenvalue weighted by Gasteiger charge is -2.16. The molecule has 1 aromatic heterocycles. The molecule has 28 heavy (non-hydrogen) atoms. The first-order valence-corrected chi connectivity index (χ1v) is 8.36. The number of benzene rings is 1. The Morgan fingerprint density at radius 1 is 1.04 bits per heavy atom. The van der Waals surface area contributed by atoms with Gasteiger partial charge in [0, 0.05) is 24.3 Å². The number of hydrogen-bond acceptors (Lipinski definition) is 2. The third kappa shape index (κ3) is 5.49. The number of carbonyl (C=O) groups excluding carboxylic acids is 1. The Morgan fingerprint density at radius 2 is 1.57 bits per heavy atom. The van der Waals surface area contributed by atoms with Crippen LogP contribution in [0.15, 0.2) is 24.3 Å². The molecule has 4 nitrogen and oxygen atoms in total. The van der Waals surface area contributed by atoms with Crippen molar-refractivity contribution in [2.45, 2.75) is 39.7 Å². The van der Waals surface area contributed by atoms with Crippen molar-refractivity contribution < 1.29 is 31.1 Å². The number of halogens is 6. The molecule has 0 aliphatic rings. The minimum absolute atomic E-state index is 0.0117. The van der Waals surface area contributed by atoms with Crippen LogP contribution in [0.25, 0.3) is 0 Å². The van der Waals surface area contributed by atoms with Crippen LogP contribution >= 0.6 is 0 Å². The normalized spacial score (nSPS) is 13.5. The van der Waals surface area contributed by atoms with Gasteiger partial charge in [0.15, 0.2) is 0 Å². The van der Waals surface area contributed by atoms with Crippen LogP contribution in [0.4, 0.5) is 26.3 Å². The zero-order chi connectivity index (χ0) is 21.3. The van der Waals surface area contributed by atoms with Gasteiger partial charge >= 0.3 is 12.4 Å². The largest absolute Gasteiger partial charge is 0.416 e. The van der Waals surface area contributed by atoms with Crippen molar-refractivity contribution in [1.82, 2.24) is 15.1 Å². The molecule has 0 fully saturated rings. The zero-order valence-electron chi connectivity index (χ0n) is 15.4. The molecule has 1 unspecified atom stereocenters. The molecule has 1 aromatic carbocycles. The molecular formula is C18H19F6N3O. The van der Waals surface area contributed by atoms with Gasteiger partial charge in [0.1, 0.15) is 0 Å². The van der Waals surface area contributed by atoms with Gasteiger partial charge < -0.3 is 5.32 Å². The minimum Gasteiger partial charge on any atom is -0.352 e. The molecule has 0 bridgehead atoms. The second-order valence-electron chi connectivity index (χ2n) is 6.72. The van der Waals surface area contributed by atoms with E-state index in [2.05, 4.69) is 10.4 Å². The number of carbonyl (C=O) groups is 1. The summed E-state index contributed by atoms with van der Waals surface area (Å²) in [6, 6.07) is 2.68. The van der Waals surface area contributed by atoms with Crippen molar-refractivity contribution in [3.05, 3.63) is 52.3 Å². The van der Waals surface area contributed by atoms with Crippen LogP contribution in [0.5, 0.6) is 0 Å². The van der Waals surface area contributed by atoms with Gasteiger partial charge in [-0.05, 0) is 44.0 Å². The molecule has 0 aliphatic heterocycles. The number of aromatic nitrogens is 2. The summed E-state index contributed by atoms with van der Waals surface area (Å²) in [5.41, 5.74) is -2.02. The molecule has 0 saturated carbocycles. The number of rotatable bonds is 5. The zero-order valence-corrected chi connectivity index (χ0v) is 15.4. The van der Waals surface area contributed by atoms with Crippen molar-refractivity contribution in [2.24, 2.45) is 5.92 Å². The quantitative estimate of drug-likeness (QED) is 0.737. The second kappa shape index (κ2) is 7.84. The van der Waals surface area contributed by atoms with E-state index in [4.69, 9.17) is 0 Å². The monoisotopic (exact) mass is 407 g/mol. The van der Waals surface area contributed by atoms with Crippen LogP contribution in [0.2, 0.25) is 0 Å². The highest BCUT2D eigenvalue weighted by Crippen LogP contribution is 2.36. The van der Waals surface area contributed by atoms with Gasteiger partial charge in [-0.25, -0.2) is 0 Å². The first-order chi connectivity index (χ1) is 12.8. The third-order valence-electron chi connectivity index (χ3n) is 4.05. The Labute approximate surface area is 157 Å². The van der Waals surface area contributed by atoms with Gasteiger partial charge in [0.2, 0.25) is 0 Å². The number of amides is 1. The Hall–Kier alpha value is -2.52. The molecule has 1 N–H and O–H groups in total. The maximum atomic E-state index is 12.9. The Kier molecular flexibility index (Phi) is 6.10. The number of nitrogens with one attached hydrogen (secondary N) is 1. The van der Waals surface area contributed by atoms with Crippen molar-refractivity contribution in [3.8, 4) is 0 Å². The van der Waals surface area contributed by atoms with Gasteiger partial charge in [0.05, 0.1) is 16.8 Å². The first kappa shape index (κ1) is 21.8. The topological polar surface area (TPSA) is 46.9 Å². The maximum Gasteiger partial charge on any atom is 0.416 e. The summed E-state index contributed by atoms with van der Waals surface area (Å²) in [6.45, 7) is 5.96. The summed E-state index contributed by atoms with van der Waals surface area (Å²) in [7, 11) is 0. The van der Waals surface area contributed by atoms with Crippen LogP contribution in [0.3, 0.4) is 0 Å². The average Bonchev–Trinajstić information content (AvgIpc) is 2.87. The lowest BCUT2D eigenvalue weighted by Crippen LogP contribution is -2.31. The van der Waals surface area contributed by atoms with Crippen LogP contribution in [0, 0.1) is 19.8 Å². The molecule has 154 valence electrons. The summed E-state index contributed by atoms with van der Waals surface area (Å²) < 4.78 is 79.0. The molecule has 2 rings (SSSR count). The summed E-state index contributed by atoms with van der Waals surface area (Å²) in [5, 5.41) is 6.65. The van der Waals surface area contributed by atoms with Gasteiger partial charge in [-0.15, -0.1) is 0 Å². The molecule has 1 heterocycles. The standard InChI is InChI=1S/C18H19F6N3O/c1-10(9-27-12(3)4-11(2)26-27)8-25-16(28)13-5-14(17(19,20)21)7-15(6-13)18(22,23)24/h4-7,10H,8-9H2,1-3H3,(H,25,28). The van der Waals surface area contributed by atoms with E-state index in [0.717, 1.165) is 11.4 Å². The summed E-state index contributed by atoms with van der Waals surface area (Å²) in [6.07, 6.45) is -10.0. The predicted molar refractivity (Wildman–Crippen MR) is 89.6 cm³/mol. The van der Waals surface area contributed by atoms with Crippen molar-refractivity contribution in [3.63, 3.8) is 0 Å². The number of hydrogen-bond donors (Lipinski definition) is 1. The van der Waals surface area contributed by atoms with E-state index in [9.17, 15) is 31.1 Å². The number of nitrogens with zero attached hydrogens (tertiary/aromatic N) is 2. The van der Waals surface area contributed by atoms with Crippen molar-refractivity contribution in [1.29, 1.82) is 0 Å². The Bertz CT molecular complexity index is 822. The number of alkyl halides is 6. The predicted octanol–water partition coefficient (Wildman–Crippen LogP) is 4.60. The Morgan fingerprint density at radius 3 is 2.00 bits per heavy atom.